The number of hydrogen-bond donors (Lipinski definition) is 1. The zero-order chi connectivity index (χ0) is 7.52. The molecule has 1 aromatic rings. The van der Waals surface area contributed by atoms with Crippen LogP contribution in [0.1, 0.15) is 5.56 Å². The Hall–Kier alpha value is -0.380. The molecule has 1 saturated heterocycles. The summed E-state index contributed by atoms with van der Waals surface area (Å²) in [5, 5.41) is 7.60. The van der Waals surface area contributed by atoms with E-state index in [1.165, 1.54) is 5.56 Å². The molecule has 2 rings (SSSR count). The average molecular weight is 169 g/mol. The van der Waals surface area contributed by atoms with Crippen LogP contribution in [0, 0.1) is 0 Å². The van der Waals surface area contributed by atoms with Crippen LogP contribution in [0.2, 0.25) is 0 Å². The van der Waals surface area contributed by atoms with Gasteiger partial charge in [0, 0.05) is 13.1 Å². The summed E-state index contributed by atoms with van der Waals surface area (Å²) in [6, 6.07) is 2.14. The summed E-state index contributed by atoms with van der Waals surface area (Å²) in [6.45, 7) is 2.91. The van der Waals surface area contributed by atoms with Crippen molar-refractivity contribution in [1.29, 1.82) is 0 Å². The highest BCUT2D eigenvalue weighted by molar-refractivity contribution is 7.07. The average Bonchev–Trinajstić information content (AvgIpc) is 2.66. The van der Waals surface area contributed by atoms with Crippen molar-refractivity contribution in [2.24, 2.45) is 0 Å². The molecule has 2 nitrogen and oxygen atoms in total. The summed E-state index contributed by atoms with van der Waals surface area (Å²) in [5.74, 6) is 0. The molecule has 0 amide bonds. The lowest BCUT2D eigenvalue weighted by Gasteiger charge is -1.98. The molecular formula is C8H11NOS. The molecule has 1 aliphatic heterocycles. The highest BCUT2D eigenvalue weighted by Gasteiger charge is 2.20. The fraction of sp³-hybridized carbons (Fsp3) is 0.500. The number of rotatable bonds is 4. The van der Waals surface area contributed by atoms with E-state index in [0.717, 1.165) is 19.7 Å². The molecule has 60 valence electrons. The van der Waals surface area contributed by atoms with E-state index in [2.05, 4.69) is 22.1 Å². The first-order valence-corrected chi connectivity index (χ1v) is 4.73. The summed E-state index contributed by atoms with van der Waals surface area (Å²) in [4.78, 5) is 0. The van der Waals surface area contributed by atoms with Crippen molar-refractivity contribution < 1.29 is 4.74 Å². The standard InChI is InChI=1S/C8H11NOS/c1-2-11-6-7(1)3-9-4-8-5-10-8/h1-2,6,8-9H,3-5H2/t8-/m0/s1. The van der Waals surface area contributed by atoms with Gasteiger partial charge in [0.05, 0.1) is 12.7 Å². The minimum absolute atomic E-state index is 0.494. The fourth-order valence-electron chi connectivity index (χ4n) is 0.957. The van der Waals surface area contributed by atoms with Crippen LogP contribution in [0.15, 0.2) is 16.8 Å². The van der Waals surface area contributed by atoms with Gasteiger partial charge in [-0.25, -0.2) is 0 Å². The van der Waals surface area contributed by atoms with Crippen LogP contribution in [-0.4, -0.2) is 19.3 Å². The fourth-order valence-corrected chi connectivity index (χ4v) is 1.63. The molecule has 0 aromatic carbocycles. The summed E-state index contributed by atoms with van der Waals surface area (Å²) in [7, 11) is 0. The SMILES string of the molecule is c1cc(CNC[C@H]2CO2)cs1. The Morgan fingerprint density at radius 1 is 1.73 bits per heavy atom. The second-order valence-electron chi connectivity index (χ2n) is 2.72. The van der Waals surface area contributed by atoms with Gasteiger partial charge in [-0.1, -0.05) is 0 Å². The topological polar surface area (TPSA) is 24.6 Å². The van der Waals surface area contributed by atoms with E-state index in [1.54, 1.807) is 11.3 Å². The van der Waals surface area contributed by atoms with Gasteiger partial charge in [0.2, 0.25) is 0 Å². The molecule has 1 aliphatic rings. The quantitative estimate of drug-likeness (QED) is 0.686. The number of thiophene rings is 1. The highest BCUT2D eigenvalue weighted by Crippen LogP contribution is 2.08. The maximum absolute atomic E-state index is 5.07. The first-order valence-electron chi connectivity index (χ1n) is 3.78. The van der Waals surface area contributed by atoms with Gasteiger partial charge >= 0.3 is 0 Å². The lowest BCUT2D eigenvalue weighted by Crippen LogP contribution is -2.18. The Bertz CT molecular complexity index is 206. The van der Waals surface area contributed by atoms with Crippen molar-refractivity contribution in [2.45, 2.75) is 12.6 Å². The summed E-state index contributed by atoms with van der Waals surface area (Å²) in [5.41, 5.74) is 1.37. The third-order valence-corrected chi connectivity index (χ3v) is 2.42. The first kappa shape index (κ1) is 7.28. The molecule has 3 heteroatoms. The molecule has 0 radical (unpaired) electrons. The molecule has 1 aromatic heterocycles. The lowest BCUT2D eigenvalue weighted by atomic mass is 10.3. The van der Waals surface area contributed by atoms with E-state index in [9.17, 15) is 0 Å². The van der Waals surface area contributed by atoms with Gasteiger partial charge in [-0.3, -0.25) is 0 Å². The van der Waals surface area contributed by atoms with Gasteiger partial charge in [-0.05, 0) is 22.4 Å². The minimum atomic E-state index is 0.494. The van der Waals surface area contributed by atoms with Crippen LogP contribution in [-0.2, 0) is 11.3 Å². The van der Waals surface area contributed by atoms with Gasteiger partial charge < -0.3 is 10.1 Å². The van der Waals surface area contributed by atoms with Crippen LogP contribution < -0.4 is 5.32 Å². The van der Waals surface area contributed by atoms with Gasteiger partial charge in [0.1, 0.15) is 0 Å². The van der Waals surface area contributed by atoms with Crippen LogP contribution in [0.4, 0.5) is 0 Å². The van der Waals surface area contributed by atoms with Crippen molar-refractivity contribution in [3.8, 4) is 0 Å². The number of epoxide rings is 1. The Labute approximate surface area is 70.2 Å². The van der Waals surface area contributed by atoms with Crippen molar-refractivity contribution in [2.75, 3.05) is 13.2 Å². The normalized spacial score (nSPS) is 22.0. The number of hydrogen-bond acceptors (Lipinski definition) is 3. The van der Waals surface area contributed by atoms with E-state index in [1.807, 2.05) is 0 Å². The third kappa shape index (κ3) is 2.29. The molecule has 0 saturated carbocycles. The monoisotopic (exact) mass is 169 g/mol. The van der Waals surface area contributed by atoms with Crippen molar-refractivity contribution in [3.63, 3.8) is 0 Å². The Balaban J connectivity index is 1.66. The molecule has 1 N–H and O–H groups in total. The molecule has 2 heterocycles. The second kappa shape index (κ2) is 3.34. The zero-order valence-corrected chi connectivity index (χ0v) is 7.06. The van der Waals surface area contributed by atoms with Crippen LogP contribution in [0.3, 0.4) is 0 Å². The van der Waals surface area contributed by atoms with Crippen molar-refractivity contribution in [1.82, 2.24) is 5.32 Å². The molecular weight excluding hydrogens is 158 g/mol. The van der Waals surface area contributed by atoms with E-state index < -0.39 is 0 Å². The molecule has 1 atom stereocenters. The van der Waals surface area contributed by atoms with Gasteiger partial charge in [0.25, 0.3) is 0 Å². The minimum Gasteiger partial charge on any atom is -0.372 e. The van der Waals surface area contributed by atoms with Crippen LogP contribution >= 0.6 is 11.3 Å². The largest absolute Gasteiger partial charge is 0.372 e. The molecule has 1 fully saturated rings. The molecule has 0 bridgehead atoms. The summed E-state index contributed by atoms with van der Waals surface area (Å²) in [6.07, 6.45) is 0.494. The van der Waals surface area contributed by atoms with Crippen molar-refractivity contribution >= 4 is 11.3 Å². The predicted octanol–water partition coefficient (Wildman–Crippen LogP) is 1.24. The Morgan fingerprint density at radius 3 is 3.27 bits per heavy atom. The van der Waals surface area contributed by atoms with Crippen LogP contribution in [0.25, 0.3) is 0 Å². The third-order valence-electron chi connectivity index (χ3n) is 1.68. The van der Waals surface area contributed by atoms with Gasteiger partial charge in [-0.15, -0.1) is 0 Å². The number of ether oxygens (including phenoxy) is 1. The van der Waals surface area contributed by atoms with Crippen molar-refractivity contribution in [3.05, 3.63) is 22.4 Å². The lowest BCUT2D eigenvalue weighted by molar-refractivity contribution is 0.396. The smallest absolute Gasteiger partial charge is 0.0934 e. The maximum Gasteiger partial charge on any atom is 0.0934 e. The number of nitrogens with one attached hydrogen (secondary N) is 1. The van der Waals surface area contributed by atoms with E-state index in [4.69, 9.17) is 4.74 Å². The molecule has 0 aliphatic carbocycles. The first-order chi connectivity index (χ1) is 5.45. The molecule has 0 unspecified atom stereocenters. The Kier molecular flexibility index (Phi) is 2.21. The summed E-state index contributed by atoms with van der Waals surface area (Å²) >= 11 is 1.74. The highest BCUT2D eigenvalue weighted by atomic mass is 32.1. The summed E-state index contributed by atoms with van der Waals surface area (Å²) < 4.78 is 5.07. The van der Waals surface area contributed by atoms with E-state index in [0.29, 0.717) is 6.10 Å². The zero-order valence-electron chi connectivity index (χ0n) is 6.25. The second-order valence-corrected chi connectivity index (χ2v) is 3.50. The van der Waals surface area contributed by atoms with Crippen LogP contribution in [0.5, 0.6) is 0 Å². The Morgan fingerprint density at radius 2 is 2.64 bits per heavy atom. The molecule has 0 spiro atoms. The maximum atomic E-state index is 5.07. The van der Waals surface area contributed by atoms with E-state index in [-0.39, 0.29) is 0 Å². The van der Waals surface area contributed by atoms with Gasteiger partial charge in [0.15, 0.2) is 0 Å². The van der Waals surface area contributed by atoms with E-state index >= 15 is 0 Å². The molecule has 11 heavy (non-hydrogen) atoms. The predicted molar refractivity (Wildman–Crippen MR) is 45.8 cm³/mol. The van der Waals surface area contributed by atoms with Gasteiger partial charge in [-0.2, -0.15) is 11.3 Å².